The highest BCUT2D eigenvalue weighted by Crippen LogP contribution is 2.32. The zero-order valence-electron chi connectivity index (χ0n) is 11.5. The van der Waals surface area contributed by atoms with Crippen LogP contribution in [0.1, 0.15) is 44.2 Å². The first-order valence-electron chi connectivity index (χ1n) is 6.80. The van der Waals surface area contributed by atoms with Crippen LogP contribution in [0.5, 0.6) is 5.75 Å². The van der Waals surface area contributed by atoms with E-state index in [2.05, 4.69) is 45.9 Å². The average Bonchev–Trinajstić information content (AvgIpc) is 2.27. The fraction of sp³-hybridized carbons (Fsp3) is 0.625. The molecule has 0 N–H and O–H groups in total. The van der Waals surface area contributed by atoms with E-state index >= 15 is 0 Å². The summed E-state index contributed by atoms with van der Waals surface area (Å²) in [6, 6.07) is 6.45. The van der Waals surface area contributed by atoms with E-state index < -0.39 is 0 Å². The van der Waals surface area contributed by atoms with Gasteiger partial charge in [-0.25, -0.2) is 0 Å². The van der Waals surface area contributed by atoms with Crippen LogP contribution in [0.4, 0.5) is 0 Å². The van der Waals surface area contributed by atoms with Crippen LogP contribution in [0.15, 0.2) is 18.2 Å². The van der Waals surface area contributed by atoms with Gasteiger partial charge in [0.05, 0.1) is 6.10 Å². The molecule has 1 nitrogen and oxygen atoms in total. The fourth-order valence-corrected chi connectivity index (χ4v) is 2.72. The first-order valence-corrected chi connectivity index (χ1v) is 6.80. The lowest BCUT2D eigenvalue weighted by Gasteiger charge is -2.32. The van der Waals surface area contributed by atoms with Crippen LogP contribution in [0.3, 0.4) is 0 Å². The van der Waals surface area contributed by atoms with E-state index in [-0.39, 0.29) is 0 Å². The molecule has 0 amide bonds. The second-order valence-corrected chi connectivity index (χ2v) is 5.78. The van der Waals surface area contributed by atoms with Crippen LogP contribution >= 0.6 is 0 Å². The quantitative estimate of drug-likeness (QED) is 0.729. The molecule has 1 aliphatic carbocycles. The van der Waals surface area contributed by atoms with Gasteiger partial charge in [-0.3, -0.25) is 0 Å². The summed E-state index contributed by atoms with van der Waals surface area (Å²) in [5.74, 6) is 2.72. The molecule has 0 aromatic heterocycles. The minimum Gasteiger partial charge on any atom is -0.490 e. The largest absolute Gasteiger partial charge is 0.490 e. The Morgan fingerprint density at radius 3 is 2.47 bits per heavy atom. The third kappa shape index (κ3) is 3.02. The molecule has 2 rings (SSSR count). The molecular formula is C16H24O. The highest BCUT2D eigenvalue weighted by Gasteiger charge is 2.25. The Kier molecular flexibility index (Phi) is 3.76. The van der Waals surface area contributed by atoms with Gasteiger partial charge in [-0.15, -0.1) is 0 Å². The second-order valence-electron chi connectivity index (χ2n) is 5.78. The average molecular weight is 232 g/mol. The van der Waals surface area contributed by atoms with Crippen molar-refractivity contribution >= 4 is 0 Å². The molecule has 1 heteroatoms. The lowest BCUT2D eigenvalue weighted by Crippen LogP contribution is -2.28. The van der Waals surface area contributed by atoms with Gasteiger partial charge < -0.3 is 4.74 Å². The fourth-order valence-electron chi connectivity index (χ4n) is 2.72. The van der Waals surface area contributed by atoms with Crippen LogP contribution in [0.2, 0.25) is 0 Å². The SMILES string of the molecule is Cc1ccc(OC2CCC(C)C(C)C2)c(C)c1. The molecule has 0 aliphatic heterocycles. The van der Waals surface area contributed by atoms with E-state index in [4.69, 9.17) is 4.74 Å². The van der Waals surface area contributed by atoms with Crippen molar-refractivity contribution in [1.82, 2.24) is 0 Å². The van der Waals surface area contributed by atoms with Gasteiger partial charge in [0.25, 0.3) is 0 Å². The number of aryl methyl sites for hydroxylation is 2. The number of ether oxygens (including phenoxy) is 1. The van der Waals surface area contributed by atoms with Crippen LogP contribution in [0.25, 0.3) is 0 Å². The molecule has 94 valence electrons. The zero-order valence-corrected chi connectivity index (χ0v) is 11.5. The summed E-state index contributed by atoms with van der Waals surface area (Å²) >= 11 is 0. The minimum atomic E-state index is 0.419. The third-order valence-corrected chi connectivity index (χ3v) is 4.17. The molecule has 1 aromatic carbocycles. The predicted molar refractivity (Wildman–Crippen MR) is 72.5 cm³/mol. The lowest BCUT2D eigenvalue weighted by atomic mass is 9.80. The van der Waals surface area contributed by atoms with Crippen molar-refractivity contribution in [3.63, 3.8) is 0 Å². The summed E-state index contributed by atoms with van der Waals surface area (Å²) in [5.41, 5.74) is 2.57. The van der Waals surface area contributed by atoms with E-state index in [9.17, 15) is 0 Å². The van der Waals surface area contributed by atoms with Gasteiger partial charge in [0, 0.05) is 0 Å². The van der Waals surface area contributed by atoms with Gasteiger partial charge in [0.15, 0.2) is 0 Å². The molecule has 3 unspecified atom stereocenters. The Labute approximate surface area is 105 Å². The first kappa shape index (κ1) is 12.5. The number of hydrogen-bond donors (Lipinski definition) is 0. The molecule has 1 aromatic rings. The molecule has 0 heterocycles. The summed E-state index contributed by atoms with van der Waals surface area (Å²) in [4.78, 5) is 0. The van der Waals surface area contributed by atoms with Crippen LogP contribution in [-0.4, -0.2) is 6.10 Å². The van der Waals surface area contributed by atoms with E-state index in [0.29, 0.717) is 6.10 Å². The number of rotatable bonds is 2. The van der Waals surface area contributed by atoms with Crippen molar-refractivity contribution in [2.45, 2.75) is 53.1 Å². The number of benzene rings is 1. The molecule has 1 saturated carbocycles. The monoisotopic (exact) mass is 232 g/mol. The first-order chi connectivity index (χ1) is 8.06. The highest BCUT2D eigenvalue weighted by atomic mass is 16.5. The molecule has 17 heavy (non-hydrogen) atoms. The van der Waals surface area contributed by atoms with Crippen molar-refractivity contribution in [1.29, 1.82) is 0 Å². The number of hydrogen-bond acceptors (Lipinski definition) is 1. The maximum Gasteiger partial charge on any atom is 0.122 e. The van der Waals surface area contributed by atoms with Gasteiger partial charge in [-0.2, -0.15) is 0 Å². The second kappa shape index (κ2) is 5.12. The highest BCUT2D eigenvalue weighted by molar-refractivity contribution is 5.35. The molecule has 0 bridgehead atoms. The van der Waals surface area contributed by atoms with Gasteiger partial charge >= 0.3 is 0 Å². The lowest BCUT2D eigenvalue weighted by molar-refractivity contribution is 0.0999. The summed E-state index contributed by atoms with van der Waals surface area (Å²) in [5, 5.41) is 0. The van der Waals surface area contributed by atoms with E-state index in [0.717, 1.165) is 17.6 Å². The third-order valence-electron chi connectivity index (χ3n) is 4.17. The van der Waals surface area contributed by atoms with Crippen LogP contribution in [-0.2, 0) is 0 Å². The van der Waals surface area contributed by atoms with Crippen LogP contribution in [0, 0.1) is 25.7 Å². The standard InChI is InChI=1S/C16H24O/c1-11-5-8-16(14(4)9-11)17-15-7-6-12(2)13(3)10-15/h5,8-9,12-13,15H,6-7,10H2,1-4H3. The van der Waals surface area contributed by atoms with Crippen LogP contribution < -0.4 is 4.74 Å². The summed E-state index contributed by atoms with van der Waals surface area (Å²) in [6.07, 6.45) is 4.13. The van der Waals surface area contributed by atoms with Crippen molar-refractivity contribution in [3.05, 3.63) is 29.3 Å². The molecular weight excluding hydrogens is 208 g/mol. The van der Waals surface area contributed by atoms with E-state index in [1.54, 1.807) is 0 Å². The Hall–Kier alpha value is -0.980. The van der Waals surface area contributed by atoms with E-state index in [1.807, 2.05) is 0 Å². The Bertz CT molecular complexity index is 383. The van der Waals surface area contributed by atoms with Gasteiger partial charge in [-0.05, 0) is 56.6 Å². The van der Waals surface area contributed by atoms with Crippen molar-refractivity contribution in [2.24, 2.45) is 11.8 Å². The summed E-state index contributed by atoms with van der Waals surface area (Å²) in [6.45, 7) is 8.97. The minimum absolute atomic E-state index is 0.419. The summed E-state index contributed by atoms with van der Waals surface area (Å²) in [7, 11) is 0. The topological polar surface area (TPSA) is 9.23 Å². The van der Waals surface area contributed by atoms with Gasteiger partial charge in [0.2, 0.25) is 0 Å². The Morgan fingerprint density at radius 2 is 1.82 bits per heavy atom. The zero-order chi connectivity index (χ0) is 12.4. The normalized spacial score (nSPS) is 29.1. The van der Waals surface area contributed by atoms with Gasteiger partial charge in [0.1, 0.15) is 5.75 Å². The smallest absolute Gasteiger partial charge is 0.122 e. The van der Waals surface area contributed by atoms with Crippen molar-refractivity contribution < 1.29 is 4.74 Å². The van der Waals surface area contributed by atoms with Crippen molar-refractivity contribution in [2.75, 3.05) is 0 Å². The predicted octanol–water partition coefficient (Wildman–Crippen LogP) is 4.51. The molecule has 1 fully saturated rings. The summed E-state index contributed by atoms with van der Waals surface area (Å²) < 4.78 is 6.16. The molecule has 0 spiro atoms. The molecule has 0 saturated heterocycles. The molecule has 1 aliphatic rings. The molecule has 0 radical (unpaired) electrons. The molecule has 3 atom stereocenters. The van der Waals surface area contributed by atoms with E-state index in [1.165, 1.54) is 30.4 Å². The van der Waals surface area contributed by atoms with Crippen molar-refractivity contribution in [3.8, 4) is 5.75 Å². The maximum absolute atomic E-state index is 6.16. The Morgan fingerprint density at radius 1 is 1.06 bits per heavy atom. The maximum atomic E-state index is 6.16. The Balaban J connectivity index is 2.01. The van der Waals surface area contributed by atoms with Gasteiger partial charge in [-0.1, -0.05) is 31.5 Å².